The van der Waals surface area contributed by atoms with Crippen LogP contribution in [-0.2, 0) is 4.74 Å². The second-order valence-electron chi connectivity index (χ2n) is 5.41. The SMILES string of the molecule is CC[C@]1(C)C[C@@]2(C=C[C@@H](O)CC2)CCO1. The van der Waals surface area contributed by atoms with Gasteiger partial charge in [0.2, 0.25) is 0 Å². The van der Waals surface area contributed by atoms with E-state index in [-0.39, 0.29) is 11.7 Å². The molecule has 1 N–H and O–H groups in total. The summed E-state index contributed by atoms with van der Waals surface area (Å²) in [5.74, 6) is 0. The van der Waals surface area contributed by atoms with E-state index in [0.717, 1.165) is 38.7 Å². The highest BCUT2D eigenvalue weighted by Crippen LogP contribution is 2.46. The number of aliphatic hydroxyl groups excluding tert-OH is 1. The van der Waals surface area contributed by atoms with Crippen molar-refractivity contribution in [2.24, 2.45) is 5.41 Å². The summed E-state index contributed by atoms with van der Waals surface area (Å²) in [5.41, 5.74) is 0.354. The molecule has 1 heterocycles. The minimum atomic E-state index is -0.216. The average molecular weight is 210 g/mol. The first-order valence-corrected chi connectivity index (χ1v) is 6.09. The van der Waals surface area contributed by atoms with E-state index in [9.17, 15) is 5.11 Å². The molecule has 3 atom stereocenters. The van der Waals surface area contributed by atoms with Crippen LogP contribution in [0, 0.1) is 5.41 Å². The second kappa shape index (κ2) is 3.91. The molecule has 0 aromatic carbocycles. The van der Waals surface area contributed by atoms with Gasteiger partial charge in [-0.3, -0.25) is 0 Å². The van der Waals surface area contributed by atoms with E-state index in [1.165, 1.54) is 0 Å². The van der Waals surface area contributed by atoms with Crippen molar-refractivity contribution in [3.05, 3.63) is 12.2 Å². The van der Waals surface area contributed by atoms with Crippen LogP contribution in [0.15, 0.2) is 12.2 Å². The van der Waals surface area contributed by atoms with Crippen LogP contribution in [0.5, 0.6) is 0 Å². The van der Waals surface area contributed by atoms with Crippen molar-refractivity contribution in [2.75, 3.05) is 6.61 Å². The summed E-state index contributed by atoms with van der Waals surface area (Å²) < 4.78 is 5.87. The molecule has 0 bridgehead atoms. The maximum Gasteiger partial charge on any atom is 0.0721 e. The lowest BCUT2D eigenvalue weighted by Crippen LogP contribution is -2.43. The molecule has 0 amide bonds. The number of hydrogen-bond donors (Lipinski definition) is 1. The molecule has 0 radical (unpaired) electrons. The van der Waals surface area contributed by atoms with Crippen molar-refractivity contribution in [1.29, 1.82) is 0 Å². The Labute approximate surface area is 92.3 Å². The van der Waals surface area contributed by atoms with Gasteiger partial charge in [-0.2, -0.15) is 0 Å². The van der Waals surface area contributed by atoms with Gasteiger partial charge in [-0.25, -0.2) is 0 Å². The van der Waals surface area contributed by atoms with Gasteiger partial charge in [0, 0.05) is 6.61 Å². The van der Waals surface area contributed by atoms with Gasteiger partial charge in [-0.15, -0.1) is 0 Å². The summed E-state index contributed by atoms with van der Waals surface area (Å²) in [4.78, 5) is 0. The van der Waals surface area contributed by atoms with Crippen molar-refractivity contribution in [2.45, 2.75) is 57.7 Å². The molecule has 2 rings (SSSR count). The molecule has 0 saturated carbocycles. The highest BCUT2D eigenvalue weighted by Gasteiger charge is 2.41. The van der Waals surface area contributed by atoms with Gasteiger partial charge in [-0.05, 0) is 44.4 Å². The Bertz CT molecular complexity index is 261. The fourth-order valence-electron chi connectivity index (χ4n) is 2.90. The molecule has 1 spiro atoms. The van der Waals surface area contributed by atoms with Crippen molar-refractivity contribution >= 4 is 0 Å². The number of ether oxygens (including phenoxy) is 1. The summed E-state index contributed by atoms with van der Waals surface area (Å²) >= 11 is 0. The lowest BCUT2D eigenvalue weighted by Gasteiger charge is -2.46. The van der Waals surface area contributed by atoms with Crippen molar-refractivity contribution < 1.29 is 9.84 Å². The van der Waals surface area contributed by atoms with Crippen molar-refractivity contribution in [1.82, 2.24) is 0 Å². The Kier molecular flexibility index (Phi) is 2.91. The summed E-state index contributed by atoms with van der Waals surface area (Å²) in [7, 11) is 0. The van der Waals surface area contributed by atoms with Crippen LogP contribution in [0.2, 0.25) is 0 Å². The fourth-order valence-corrected chi connectivity index (χ4v) is 2.90. The van der Waals surface area contributed by atoms with E-state index in [4.69, 9.17) is 4.74 Å². The highest BCUT2D eigenvalue weighted by atomic mass is 16.5. The first-order valence-electron chi connectivity index (χ1n) is 6.09. The summed E-state index contributed by atoms with van der Waals surface area (Å²) in [6.45, 7) is 5.28. The van der Waals surface area contributed by atoms with Crippen molar-refractivity contribution in [3.8, 4) is 0 Å². The number of rotatable bonds is 1. The first-order chi connectivity index (χ1) is 7.08. The number of hydrogen-bond acceptors (Lipinski definition) is 2. The van der Waals surface area contributed by atoms with Crippen LogP contribution in [0.1, 0.15) is 46.0 Å². The third-order valence-electron chi connectivity index (χ3n) is 4.13. The quantitative estimate of drug-likeness (QED) is 0.674. The molecule has 2 heteroatoms. The van der Waals surface area contributed by atoms with Crippen LogP contribution in [0.3, 0.4) is 0 Å². The van der Waals surface area contributed by atoms with E-state index in [1.54, 1.807) is 0 Å². The maximum atomic E-state index is 9.49. The predicted molar refractivity (Wildman–Crippen MR) is 60.7 cm³/mol. The molecular formula is C13H22O2. The van der Waals surface area contributed by atoms with Gasteiger partial charge in [0.15, 0.2) is 0 Å². The molecule has 15 heavy (non-hydrogen) atoms. The Morgan fingerprint density at radius 3 is 2.87 bits per heavy atom. The lowest BCUT2D eigenvalue weighted by atomic mass is 9.67. The van der Waals surface area contributed by atoms with E-state index in [1.807, 2.05) is 6.08 Å². The first kappa shape index (κ1) is 11.2. The van der Waals surface area contributed by atoms with Gasteiger partial charge in [-0.1, -0.05) is 19.1 Å². The van der Waals surface area contributed by atoms with Gasteiger partial charge in [0.25, 0.3) is 0 Å². The molecule has 1 aliphatic heterocycles. The Morgan fingerprint density at radius 2 is 2.27 bits per heavy atom. The Balaban J connectivity index is 2.12. The monoisotopic (exact) mass is 210 g/mol. The largest absolute Gasteiger partial charge is 0.389 e. The van der Waals surface area contributed by atoms with Gasteiger partial charge in [0.05, 0.1) is 11.7 Å². The summed E-state index contributed by atoms with van der Waals surface area (Å²) in [6.07, 6.45) is 9.34. The summed E-state index contributed by atoms with van der Waals surface area (Å²) in [6, 6.07) is 0. The zero-order valence-electron chi connectivity index (χ0n) is 9.83. The molecule has 1 saturated heterocycles. The number of allylic oxidation sites excluding steroid dienone is 1. The highest BCUT2D eigenvalue weighted by molar-refractivity contribution is 5.10. The van der Waals surface area contributed by atoms with Crippen LogP contribution in [0.25, 0.3) is 0 Å². The summed E-state index contributed by atoms with van der Waals surface area (Å²) in [5, 5.41) is 9.49. The lowest BCUT2D eigenvalue weighted by molar-refractivity contribution is -0.110. The zero-order valence-corrected chi connectivity index (χ0v) is 9.83. The molecule has 0 unspecified atom stereocenters. The van der Waals surface area contributed by atoms with Crippen molar-refractivity contribution in [3.63, 3.8) is 0 Å². The van der Waals surface area contributed by atoms with E-state index >= 15 is 0 Å². The van der Waals surface area contributed by atoms with E-state index < -0.39 is 0 Å². The molecule has 86 valence electrons. The van der Waals surface area contributed by atoms with Gasteiger partial charge < -0.3 is 9.84 Å². The minimum Gasteiger partial charge on any atom is -0.389 e. The third kappa shape index (κ3) is 2.26. The molecule has 2 nitrogen and oxygen atoms in total. The smallest absolute Gasteiger partial charge is 0.0721 e. The van der Waals surface area contributed by atoms with Gasteiger partial charge in [0.1, 0.15) is 0 Å². The topological polar surface area (TPSA) is 29.5 Å². The Morgan fingerprint density at radius 1 is 1.47 bits per heavy atom. The number of aliphatic hydroxyl groups is 1. The Hall–Kier alpha value is -0.340. The molecule has 1 aliphatic carbocycles. The molecule has 0 aromatic heterocycles. The van der Waals surface area contributed by atoms with Crippen LogP contribution < -0.4 is 0 Å². The van der Waals surface area contributed by atoms with E-state index in [2.05, 4.69) is 19.9 Å². The minimum absolute atomic E-state index is 0.0465. The standard InChI is InChI=1S/C13H22O2/c1-3-12(2)10-13(8-9-15-12)6-4-11(14)5-7-13/h4,6,11,14H,3,5,7-10H2,1-2H3/t11-,12-,13-/m1/s1. The molecule has 2 aliphatic rings. The third-order valence-corrected chi connectivity index (χ3v) is 4.13. The fraction of sp³-hybridized carbons (Fsp3) is 0.846. The average Bonchev–Trinajstić information content (AvgIpc) is 2.23. The van der Waals surface area contributed by atoms with Crippen LogP contribution in [-0.4, -0.2) is 23.4 Å². The van der Waals surface area contributed by atoms with Gasteiger partial charge >= 0.3 is 0 Å². The van der Waals surface area contributed by atoms with E-state index in [0.29, 0.717) is 5.41 Å². The van der Waals surface area contributed by atoms with Crippen LogP contribution >= 0.6 is 0 Å². The normalized spacial score (nSPS) is 45.9. The molecular weight excluding hydrogens is 188 g/mol. The molecule has 1 fully saturated rings. The predicted octanol–water partition coefficient (Wildman–Crippen LogP) is 2.66. The zero-order chi connectivity index (χ0) is 10.9. The molecule has 0 aromatic rings. The van der Waals surface area contributed by atoms with Crippen LogP contribution in [0.4, 0.5) is 0 Å². The second-order valence-corrected chi connectivity index (χ2v) is 5.41. The maximum absolute atomic E-state index is 9.49.